The molecule has 0 bridgehead atoms. The van der Waals surface area contributed by atoms with Crippen molar-refractivity contribution in [1.29, 1.82) is 0 Å². The molecule has 2 fully saturated rings. The van der Waals surface area contributed by atoms with Crippen molar-refractivity contribution >= 4 is 50.9 Å². The summed E-state index contributed by atoms with van der Waals surface area (Å²) in [5.41, 5.74) is -1.07. The topological polar surface area (TPSA) is 160 Å². The summed E-state index contributed by atoms with van der Waals surface area (Å²) < 4.78 is 30.2. The van der Waals surface area contributed by atoms with E-state index in [0.717, 1.165) is 20.9 Å². The number of imide groups is 1. The summed E-state index contributed by atoms with van der Waals surface area (Å²) in [6.07, 6.45) is 1.69. The van der Waals surface area contributed by atoms with Crippen molar-refractivity contribution in [2.24, 2.45) is 18.4 Å². The maximum absolute atomic E-state index is 14.9. The highest BCUT2D eigenvalue weighted by molar-refractivity contribution is 6.31. The number of anilines is 1. The number of phenolic OH excluding ortho intramolecular Hbond substituents is 1. The summed E-state index contributed by atoms with van der Waals surface area (Å²) in [4.78, 5) is 77.1. The molecule has 1 aliphatic carbocycles. The summed E-state index contributed by atoms with van der Waals surface area (Å²) in [6.45, 7) is 1.45. The summed E-state index contributed by atoms with van der Waals surface area (Å²) in [5, 5.41) is 12.8. The van der Waals surface area contributed by atoms with Gasteiger partial charge >= 0.3 is 11.4 Å². The van der Waals surface area contributed by atoms with Crippen LogP contribution in [0, 0.1) is 17.2 Å². The Morgan fingerprint density at radius 2 is 1.71 bits per heavy atom. The van der Waals surface area contributed by atoms with Crippen LogP contribution in [0.25, 0.3) is 21.8 Å². The zero-order valence-electron chi connectivity index (χ0n) is 31.7. The number of rotatable bonds is 7. The van der Waals surface area contributed by atoms with Crippen LogP contribution < -0.4 is 31.3 Å². The molecule has 0 spiro atoms. The second-order valence-electron chi connectivity index (χ2n) is 15.0. The Hall–Kier alpha value is -6.48. The molecule has 1 N–H and O–H groups in total. The van der Waals surface area contributed by atoms with E-state index < -0.39 is 57.9 Å². The molecular formula is C42H36ClFN6O8. The van der Waals surface area contributed by atoms with E-state index in [9.17, 15) is 33.5 Å². The monoisotopic (exact) mass is 806 g/mol. The lowest BCUT2D eigenvalue weighted by molar-refractivity contribution is -0.129. The van der Waals surface area contributed by atoms with Crippen molar-refractivity contribution in [2.75, 3.05) is 19.1 Å². The van der Waals surface area contributed by atoms with Gasteiger partial charge in [-0.3, -0.25) is 14.4 Å². The van der Waals surface area contributed by atoms with Gasteiger partial charge in [-0.25, -0.2) is 37.8 Å². The number of aryl methyl sites for hydroxylation is 2. The highest BCUT2D eigenvalue weighted by Gasteiger charge is 2.66. The van der Waals surface area contributed by atoms with Gasteiger partial charge in [0.1, 0.15) is 17.3 Å². The van der Waals surface area contributed by atoms with Gasteiger partial charge in [0.2, 0.25) is 11.8 Å². The van der Waals surface area contributed by atoms with E-state index in [2.05, 4.69) is 4.98 Å². The molecular weight excluding hydrogens is 771 g/mol. The molecule has 3 aliphatic rings. The van der Waals surface area contributed by atoms with E-state index in [0.29, 0.717) is 39.1 Å². The van der Waals surface area contributed by atoms with Crippen LogP contribution >= 0.6 is 11.6 Å². The predicted molar refractivity (Wildman–Crippen MR) is 212 cm³/mol. The minimum atomic E-state index is -1.50. The number of carbonyl (C=O) groups excluding carboxylic acids is 2. The Kier molecular flexibility index (Phi) is 8.51. The van der Waals surface area contributed by atoms with Gasteiger partial charge in [0, 0.05) is 43.6 Å². The number of hydrogen-bond acceptors (Lipinski definition) is 9. The lowest BCUT2D eigenvalue weighted by Gasteiger charge is -2.47. The number of benzene rings is 4. The number of carbonyl (C=O) groups is 2. The summed E-state index contributed by atoms with van der Waals surface area (Å²) >= 11 is 6.14. The van der Waals surface area contributed by atoms with Crippen molar-refractivity contribution < 1.29 is 28.6 Å². The Morgan fingerprint density at radius 1 is 0.966 bits per heavy atom. The zero-order chi connectivity index (χ0) is 40.9. The van der Waals surface area contributed by atoms with Crippen LogP contribution in [0.5, 0.6) is 17.2 Å². The first-order chi connectivity index (χ1) is 27.8. The van der Waals surface area contributed by atoms with Crippen molar-refractivity contribution in [1.82, 2.24) is 23.5 Å². The standard InChI is InChI=1S/C42H36ClFN6O8/c1-42-25(37(52)49(39(42)54)22-10-11-27(44)26(43)17-22)18-30-24(36(42)35-23-8-6-5-7-21(23)9-12-32(35)51)13-16-48-40(55)47(41(56)50(30)48)15-14-28-38(53)46(2)31-20-34(58-4)33(57-3)19-29(31)45-28/h5-13,17,19-20,25,30,36,51H,14-16,18H2,1-4H3/t25-,30+,36+,42+/m0/s1. The number of amides is 2. The number of phenols is 1. The highest BCUT2D eigenvalue weighted by atomic mass is 35.5. The molecule has 58 heavy (non-hydrogen) atoms. The van der Waals surface area contributed by atoms with E-state index in [1.54, 1.807) is 38.2 Å². The van der Waals surface area contributed by atoms with Gasteiger partial charge in [0.15, 0.2) is 11.5 Å². The number of aromatic nitrogens is 5. The van der Waals surface area contributed by atoms with E-state index in [1.807, 2.05) is 24.3 Å². The first kappa shape index (κ1) is 37.1. The van der Waals surface area contributed by atoms with Crippen LogP contribution in [-0.2, 0) is 36.1 Å². The fourth-order valence-corrected chi connectivity index (χ4v) is 9.55. The third-order valence-electron chi connectivity index (χ3n) is 12.2. The smallest absolute Gasteiger partial charge is 0.347 e. The first-order valence-corrected chi connectivity index (χ1v) is 19.0. The van der Waals surface area contributed by atoms with Gasteiger partial charge in [-0.2, -0.15) is 0 Å². The third kappa shape index (κ3) is 5.15. The van der Waals surface area contributed by atoms with Gasteiger partial charge in [0.05, 0.1) is 59.9 Å². The number of fused-ring (bicyclic) bond motifs is 6. The van der Waals surface area contributed by atoms with Crippen molar-refractivity contribution in [3.8, 4) is 17.2 Å². The SMILES string of the molecule is COc1cc2nc(CCn3c(=O)n4n(c3=O)[C@@H]3C[C@H]5C(=O)N(c6ccc(F)c(Cl)c6)C(=O)[C@@]5(C)[C@@H](c5c(O)ccc6ccccc56)C3=CC4)c(=O)n(C)c2cc1OC. The Morgan fingerprint density at radius 3 is 2.45 bits per heavy atom. The molecule has 14 nitrogen and oxygen atoms in total. The molecule has 16 heteroatoms. The predicted octanol–water partition coefficient (Wildman–Crippen LogP) is 4.83. The highest BCUT2D eigenvalue weighted by Crippen LogP contribution is 2.63. The van der Waals surface area contributed by atoms with Gasteiger partial charge < -0.3 is 19.1 Å². The molecule has 0 unspecified atom stereocenters. The minimum Gasteiger partial charge on any atom is -0.508 e. The number of hydrogen-bond donors (Lipinski definition) is 1. The number of ether oxygens (including phenoxy) is 2. The van der Waals surface area contributed by atoms with Gasteiger partial charge in [-0.1, -0.05) is 48.0 Å². The number of allylic oxidation sites excluding steroid dienone is 2. The average Bonchev–Trinajstić information content (AvgIpc) is 3.58. The quantitative estimate of drug-likeness (QED) is 0.176. The maximum Gasteiger partial charge on any atom is 0.347 e. The fourth-order valence-electron chi connectivity index (χ4n) is 9.37. The van der Waals surface area contributed by atoms with Gasteiger partial charge in [-0.05, 0) is 54.0 Å². The largest absolute Gasteiger partial charge is 0.508 e. The summed E-state index contributed by atoms with van der Waals surface area (Å²) in [7, 11) is 4.56. The number of halogens is 2. The molecule has 6 aromatic rings. The molecule has 2 aliphatic heterocycles. The van der Waals surface area contributed by atoms with Crippen molar-refractivity contribution in [3.05, 3.63) is 132 Å². The maximum atomic E-state index is 14.9. The average molecular weight is 807 g/mol. The molecule has 4 atom stereocenters. The van der Waals surface area contributed by atoms with Crippen molar-refractivity contribution in [3.63, 3.8) is 0 Å². The van der Waals surface area contributed by atoms with Gasteiger partial charge in [0.25, 0.3) is 5.56 Å². The van der Waals surface area contributed by atoms with Crippen LogP contribution in [0.15, 0.2) is 92.8 Å². The van der Waals surface area contributed by atoms with Crippen LogP contribution in [-0.4, -0.2) is 54.6 Å². The van der Waals surface area contributed by atoms with Crippen LogP contribution in [0.4, 0.5) is 10.1 Å². The Balaban J connectivity index is 1.16. The van der Waals surface area contributed by atoms with E-state index in [1.165, 1.54) is 46.3 Å². The fraction of sp³-hybridized carbons (Fsp3) is 0.286. The molecule has 296 valence electrons. The summed E-state index contributed by atoms with van der Waals surface area (Å²) in [5.74, 6) is -3.15. The van der Waals surface area contributed by atoms with Gasteiger partial charge in [-0.15, -0.1) is 0 Å². The molecule has 1 saturated heterocycles. The van der Waals surface area contributed by atoms with Crippen LogP contribution in [0.2, 0.25) is 5.02 Å². The lowest BCUT2D eigenvalue weighted by atomic mass is 9.56. The number of methoxy groups -OCH3 is 2. The zero-order valence-corrected chi connectivity index (χ0v) is 32.5. The third-order valence-corrected chi connectivity index (χ3v) is 12.5. The lowest BCUT2D eigenvalue weighted by Crippen LogP contribution is -2.49. The normalized spacial score (nSPS) is 21.2. The first-order valence-electron chi connectivity index (χ1n) is 18.6. The molecule has 2 amide bonds. The van der Waals surface area contributed by atoms with E-state index >= 15 is 0 Å². The summed E-state index contributed by atoms with van der Waals surface area (Å²) in [6, 6.07) is 16.7. The molecule has 4 aromatic carbocycles. The van der Waals surface area contributed by atoms with E-state index in [4.69, 9.17) is 21.1 Å². The Labute approximate surface area is 333 Å². The number of aromatic hydroxyl groups is 1. The molecule has 2 aromatic heterocycles. The van der Waals surface area contributed by atoms with Crippen LogP contribution in [0.1, 0.15) is 36.6 Å². The second kappa shape index (κ2) is 13.3. The molecule has 1 saturated carbocycles. The number of nitrogens with zero attached hydrogens (tertiary/aromatic N) is 6. The molecule has 4 heterocycles. The van der Waals surface area contributed by atoms with Crippen LogP contribution in [0.3, 0.4) is 0 Å². The van der Waals surface area contributed by atoms with E-state index in [-0.39, 0.29) is 48.1 Å². The molecule has 0 radical (unpaired) electrons. The molecule has 9 rings (SSSR count). The van der Waals surface area contributed by atoms with Crippen molar-refractivity contribution in [2.45, 2.75) is 44.8 Å². The second-order valence-corrected chi connectivity index (χ2v) is 15.4. The Bertz CT molecular complexity index is 3000. The minimum absolute atomic E-state index is 0.0399.